The number of likely N-dealkylation sites (tertiary alicyclic amines) is 1. The number of nitrogens with one attached hydrogen (secondary N) is 1. The zero-order valence-electron chi connectivity index (χ0n) is 21.0. The number of hydrogen-bond acceptors (Lipinski definition) is 6. The highest BCUT2D eigenvalue weighted by Crippen LogP contribution is 2.35. The second-order valence-corrected chi connectivity index (χ2v) is 11.0. The van der Waals surface area contributed by atoms with Gasteiger partial charge in [-0.15, -0.1) is 0 Å². The van der Waals surface area contributed by atoms with Gasteiger partial charge < -0.3 is 24.8 Å². The Morgan fingerprint density at radius 3 is 2.35 bits per heavy atom. The van der Waals surface area contributed by atoms with E-state index in [4.69, 9.17) is 4.74 Å². The quantitative estimate of drug-likeness (QED) is 0.707. The lowest BCUT2D eigenvalue weighted by atomic mass is 9.85. The van der Waals surface area contributed by atoms with Gasteiger partial charge in [0.05, 0.1) is 6.10 Å². The van der Waals surface area contributed by atoms with Crippen LogP contribution in [0.1, 0.15) is 44.5 Å². The Balaban J connectivity index is 1.48. The van der Waals surface area contributed by atoms with Crippen LogP contribution >= 0.6 is 0 Å². The van der Waals surface area contributed by atoms with E-state index in [0.29, 0.717) is 12.1 Å². The summed E-state index contributed by atoms with van der Waals surface area (Å²) in [4.78, 5) is 45.6. The second kappa shape index (κ2) is 9.66. The topological polar surface area (TPSA) is 82.2 Å². The van der Waals surface area contributed by atoms with Crippen molar-refractivity contribution >= 4 is 23.3 Å². The number of Topliss-reactive ketones (excluding diaryl/α,β-unsaturated/α-hetero) is 1. The monoisotopic (exact) mass is 470 g/mol. The smallest absolute Gasteiger partial charge is 0.251 e. The molecule has 3 aliphatic rings. The van der Waals surface area contributed by atoms with Gasteiger partial charge in [0, 0.05) is 49.9 Å². The SMILES string of the molecule is CC[C@H]1CN(C(=O)C(NC(=O)c2ccc(N3CCN(C)CC3)cc2)C(C)(C)C)[C@@H]2C(=O)CO[C@H]12. The highest BCUT2D eigenvalue weighted by Gasteiger charge is 2.53. The molecule has 0 radical (unpaired) electrons. The number of carbonyl (C=O) groups is 3. The lowest BCUT2D eigenvalue weighted by molar-refractivity contribution is -0.140. The number of rotatable bonds is 5. The number of piperazine rings is 1. The predicted molar refractivity (Wildman–Crippen MR) is 131 cm³/mol. The van der Waals surface area contributed by atoms with Gasteiger partial charge in [0.25, 0.3) is 5.91 Å². The van der Waals surface area contributed by atoms with Gasteiger partial charge in [-0.05, 0) is 43.1 Å². The molecule has 1 aromatic rings. The van der Waals surface area contributed by atoms with E-state index in [-0.39, 0.29) is 36.2 Å². The van der Waals surface area contributed by atoms with E-state index in [1.165, 1.54) is 0 Å². The van der Waals surface area contributed by atoms with Crippen LogP contribution in [0, 0.1) is 11.3 Å². The van der Waals surface area contributed by atoms with E-state index in [2.05, 4.69) is 29.1 Å². The molecule has 1 unspecified atom stereocenters. The minimum atomic E-state index is -0.748. The van der Waals surface area contributed by atoms with Crippen LogP contribution < -0.4 is 10.2 Å². The van der Waals surface area contributed by atoms with Gasteiger partial charge in [0.15, 0.2) is 5.78 Å². The van der Waals surface area contributed by atoms with E-state index in [1.54, 1.807) is 4.90 Å². The van der Waals surface area contributed by atoms with Crippen molar-refractivity contribution in [2.45, 2.75) is 52.3 Å². The average Bonchev–Trinajstić information content (AvgIpc) is 3.37. The van der Waals surface area contributed by atoms with E-state index < -0.39 is 17.5 Å². The molecule has 0 aliphatic carbocycles. The van der Waals surface area contributed by atoms with Crippen LogP contribution in [0.25, 0.3) is 0 Å². The van der Waals surface area contributed by atoms with E-state index in [1.807, 2.05) is 45.0 Å². The number of likely N-dealkylation sites (N-methyl/N-ethyl adjacent to an activating group) is 1. The Kier molecular flexibility index (Phi) is 7.01. The predicted octanol–water partition coefficient (Wildman–Crippen LogP) is 1.79. The minimum absolute atomic E-state index is 0.0484. The lowest BCUT2D eigenvalue weighted by Gasteiger charge is -2.35. The Morgan fingerprint density at radius 1 is 1.12 bits per heavy atom. The molecule has 3 saturated heterocycles. The molecule has 1 N–H and O–H groups in total. The van der Waals surface area contributed by atoms with Crippen LogP contribution in [0.3, 0.4) is 0 Å². The summed E-state index contributed by atoms with van der Waals surface area (Å²) in [5.41, 5.74) is 1.10. The zero-order chi connectivity index (χ0) is 24.6. The van der Waals surface area contributed by atoms with Gasteiger partial charge in [0.1, 0.15) is 18.7 Å². The van der Waals surface area contributed by atoms with Gasteiger partial charge in [-0.2, -0.15) is 0 Å². The van der Waals surface area contributed by atoms with E-state index in [9.17, 15) is 14.4 Å². The molecule has 186 valence electrons. The first-order valence-corrected chi connectivity index (χ1v) is 12.4. The fourth-order valence-corrected chi connectivity index (χ4v) is 5.26. The lowest BCUT2D eigenvalue weighted by Crippen LogP contribution is -2.57. The Hall–Kier alpha value is -2.45. The molecule has 34 heavy (non-hydrogen) atoms. The Morgan fingerprint density at radius 2 is 1.76 bits per heavy atom. The first kappa shape index (κ1) is 24.7. The van der Waals surface area contributed by atoms with Crippen molar-refractivity contribution in [3.63, 3.8) is 0 Å². The number of amides is 2. The number of carbonyl (C=O) groups excluding carboxylic acids is 3. The highest BCUT2D eigenvalue weighted by molar-refractivity contribution is 5.99. The number of nitrogens with zero attached hydrogens (tertiary/aromatic N) is 3. The maximum absolute atomic E-state index is 13.7. The van der Waals surface area contributed by atoms with Crippen molar-refractivity contribution in [1.82, 2.24) is 15.1 Å². The number of fused-ring (bicyclic) bond motifs is 1. The Bertz CT molecular complexity index is 918. The van der Waals surface area contributed by atoms with Gasteiger partial charge in [-0.25, -0.2) is 0 Å². The average molecular weight is 471 g/mol. The third-order valence-electron chi connectivity index (χ3n) is 7.48. The van der Waals surface area contributed by atoms with Gasteiger partial charge in [-0.3, -0.25) is 14.4 Å². The molecule has 3 heterocycles. The summed E-state index contributed by atoms with van der Waals surface area (Å²) in [5, 5.41) is 2.98. The number of anilines is 1. The van der Waals surface area contributed by atoms with Crippen molar-refractivity contribution in [2.75, 3.05) is 51.3 Å². The van der Waals surface area contributed by atoms with Crippen LogP contribution in [0.2, 0.25) is 0 Å². The molecule has 3 aliphatic heterocycles. The first-order valence-electron chi connectivity index (χ1n) is 12.4. The van der Waals surface area contributed by atoms with Crippen LogP contribution in [0.4, 0.5) is 5.69 Å². The normalized spacial score (nSPS) is 26.5. The summed E-state index contributed by atoms with van der Waals surface area (Å²) in [5.74, 6) is -0.402. The maximum Gasteiger partial charge on any atom is 0.251 e. The molecule has 0 bridgehead atoms. The third kappa shape index (κ3) is 4.84. The summed E-state index contributed by atoms with van der Waals surface area (Å²) in [6.07, 6.45) is 0.602. The number of ketones is 1. The molecule has 2 amide bonds. The molecule has 4 rings (SSSR count). The van der Waals surface area contributed by atoms with Crippen LogP contribution in [-0.4, -0.2) is 92.0 Å². The first-order chi connectivity index (χ1) is 16.1. The molecule has 8 nitrogen and oxygen atoms in total. The minimum Gasteiger partial charge on any atom is -0.369 e. The molecular weight excluding hydrogens is 432 g/mol. The van der Waals surface area contributed by atoms with Gasteiger partial charge in [0.2, 0.25) is 5.91 Å². The number of benzene rings is 1. The molecule has 8 heteroatoms. The molecule has 3 fully saturated rings. The maximum atomic E-state index is 13.7. The number of ether oxygens (including phenoxy) is 1. The Labute approximate surface area is 202 Å². The van der Waals surface area contributed by atoms with Crippen molar-refractivity contribution in [2.24, 2.45) is 11.3 Å². The fraction of sp³-hybridized carbons (Fsp3) is 0.654. The molecule has 1 aromatic carbocycles. The van der Waals surface area contributed by atoms with Gasteiger partial charge in [-0.1, -0.05) is 27.7 Å². The second-order valence-electron chi connectivity index (χ2n) is 11.0. The van der Waals surface area contributed by atoms with Crippen molar-refractivity contribution in [3.05, 3.63) is 29.8 Å². The number of hydrogen-bond donors (Lipinski definition) is 1. The fourth-order valence-electron chi connectivity index (χ4n) is 5.26. The summed E-state index contributed by atoms with van der Waals surface area (Å²) in [7, 11) is 2.12. The van der Waals surface area contributed by atoms with E-state index in [0.717, 1.165) is 38.3 Å². The molecule has 0 saturated carbocycles. The zero-order valence-corrected chi connectivity index (χ0v) is 21.0. The van der Waals surface area contributed by atoms with Crippen LogP contribution in [-0.2, 0) is 14.3 Å². The standard InChI is InChI=1S/C26H38N4O4/c1-6-17-15-30(21-20(31)16-34-22(17)21)25(33)23(26(2,3)4)27-24(32)18-7-9-19(10-8-18)29-13-11-28(5)12-14-29/h7-10,17,21-23H,6,11-16H2,1-5H3,(H,27,32)/t17-,21+,22+,23?/m0/s1. The summed E-state index contributed by atoms with van der Waals surface area (Å²) in [6, 6.07) is 6.30. The molecule has 0 aromatic heterocycles. The van der Waals surface area contributed by atoms with Crippen molar-refractivity contribution in [3.8, 4) is 0 Å². The van der Waals surface area contributed by atoms with Crippen LogP contribution in [0.5, 0.6) is 0 Å². The van der Waals surface area contributed by atoms with Gasteiger partial charge >= 0.3 is 0 Å². The molecule has 0 spiro atoms. The third-order valence-corrected chi connectivity index (χ3v) is 7.48. The summed E-state index contributed by atoms with van der Waals surface area (Å²) < 4.78 is 5.72. The largest absolute Gasteiger partial charge is 0.369 e. The van der Waals surface area contributed by atoms with Crippen LogP contribution in [0.15, 0.2) is 24.3 Å². The van der Waals surface area contributed by atoms with E-state index >= 15 is 0 Å². The highest BCUT2D eigenvalue weighted by atomic mass is 16.5. The summed E-state index contributed by atoms with van der Waals surface area (Å²) in [6.45, 7) is 12.4. The van der Waals surface area contributed by atoms with Crippen molar-refractivity contribution in [1.29, 1.82) is 0 Å². The summed E-state index contributed by atoms with van der Waals surface area (Å²) >= 11 is 0. The molecule has 4 atom stereocenters. The molecular formula is C26H38N4O4. The van der Waals surface area contributed by atoms with Crippen molar-refractivity contribution < 1.29 is 19.1 Å².